The summed E-state index contributed by atoms with van der Waals surface area (Å²) in [5.74, 6) is 0. The molecule has 0 heterocycles. The first-order valence-corrected chi connectivity index (χ1v) is 4.32. The van der Waals surface area contributed by atoms with Crippen LogP contribution in [-0.4, -0.2) is 79.8 Å². The van der Waals surface area contributed by atoms with Crippen molar-refractivity contribution in [3.8, 4) is 0 Å². The van der Waals surface area contributed by atoms with Crippen molar-refractivity contribution in [1.29, 1.82) is 0 Å². The summed E-state index contributed by atoms with van der Waals surface area (Å²) in [5.41, 5.74) is 0. The van der Waals surface area contributed by atoms with Crippen molar-refractivity contribution in [2.24, 2.45) is 0 Å². The van der Waals surface area contributed by atoms with Crippen LogP contribution in [-0.2, 0) is 0 Å². The van der Waals surface area contributed by atoms with E-state index in [-0.39, 0.29) is 31.9 Å². The molecule has 0 radical (unpaired) electrons. The lowest BCUT2D eigenvalue weighted by molar-refractivity contribution is -0.392. The first-order valence-electron chi connectivity index (χ1n) is 4.32. The molecule has 0 aromatic heterocycles. The zero-order valence-corrected chi connectivity index (χ0v) is 9.92. The zero-order chi connectivity index (χ0) is 12.3. The van der Waals surface area contributed by atoms with E-state index in [2.05, 4.69) is 0 Å². The smallest absolute Gasteiger partial charge is 0.330 e. The molecule has 0 rings (SSSR count). The predicted octanol–water partition coefficient (Wildman–Crippen LogP) is -3.16. The van der Waals surface area contributed by atoms with Gasteiger partial charge in [0.15, 0.2) is 0 Å². The largest absolute Gasteiger partial charge is 0.345 e. The molecule has 0 aromatic carbocycles. The third kappa shape index (κ3) is 7.28. The van der Waals surface area contributed by atoms with Gasteiger partial charge in [0.25, 0.3) is 0 Å². The van der Waals surface area contributed by atoms with Crippen LogP contribution in [0.3, 0.4) is 0 Å². The molecule has 0 saturated carbocycles. The number of nitrogens with zero attached hydrogens (tertiary/aromatic N) is 2. The van der Waals surface area contributed by atoms with Crippen LogP contribution < -0.4 is 0 Å². The normalized spacial score (nSPS) is 13.1. The molecule has 0 fully saturated rings. The Kier molecular flexibility index (Phi) is 7.61. The summed E-state index contributed by atoms with van der Waals surface area (Å²) in [4.78, 5) is 1.68. The molecule has 100 valence electrons. The maximum Gasteiger partial charge on any atom is 0.345 e. The molecule has 0 aliphatic rings. The monoisotopic (exact) mass is 262 g/mol. The van der Waals surface area contributed by atoms with Crippen LogP contribution in [0.4, 0.5) is 0 Å². The number of halogens is 1. The SMILES string of the molecule is CN(CCCN(C)C(O)(O)O)C(O)(O)O.Cl. The highest BCUT2D eigenvalue weighted by molar-refractivity contribution is 5.85. The lowest BCUT2D eigenvalue weighted by Crippen LogP contribution is -2.49. The number of aliphatic hydroxyl groups is 6. The number of hydrogen-bond acceptors (Lipinski definition) is 8. The Labute approximate surface area is 99.4 Å². The van der Waals surface area contributed by atoms with E-state index in [0.29, 0.717) is 0 Å². The van der Waals surface area contributed by atoms with Gasteiger partial charge < -0.3 is 30.6 Å². The highest BCUT2D eigenvalue weighted by Gasteiger charge is 2.27. The molecule has 0 bridgehead atoms. The predicted molar refractivity (Wildman–Crippen MR) is 55.9 cm³/mol. The van der Waals surface area contributed by atoms with Crippen LogP contribution in [0, 0.1) is 0 Å². The van der Waals surface area contributed by atoms with Crippen LogP contribution in [0.15, 0.2) is 0 Å². The second-order valence-corrected chi connectivity index (χ2v) is 3.40. The zero-order valence-electron chi connectivity index (χ0n) is 9.11. The van der Waals surface area contributed by atoms with Gasteiger partial charge in [0.1, 0.15) is 0 Å². The van der Waals surface area contributed by atoms with E-state index in [1.807, 2.05) is 0 Å². The highest BCUT2D eigenvalue weighted by Crippen LogP contribution is 2.04. The molecule has 0 atom stereocenters. The van der Waals surface area contributed by atoms with Crippen LogP contribution >= 0.6 is 12.4 Å². The maximum absolute atomic E-state index is 8.69. The van der Waals surface area contributed by atoms with Gasteiger partial charge in [0.2, 0.25) is 0 Å². The minimum atomic E-state index is -2.90. The highest BCUT2D eigenvalue weighted by atomic mass is 35.5. The van der Waals surface area contributed by atoms with Gasteiger partial charge in [-0.25, -0.2) is 9.80 Å². The second-order valence-electron chi connectivity index (χ2n) is 3.40. The van der Waals surface area contributed by atoms with Crippen molar-refractivity contribution in [3.05, 3.63) is 0 Å². The lowest BCUT2D eigenvalue weighted by atomic mass is 10.3. The maximum atomic E-state index is 8.69. The van der Waals surface area contributed by atoms with Gasteiger partial charge in [0.05, 0.1) is 0 Å². The van der Waals surface area contributed by atoms with E-state index < -0.39 is 12.2 Å². The number of hydrogen-bond donors (Lipinski definition) is 6. The Balaban J connectivity index is 0. The fraction of sp³-hybridized carbons (Fsp3) is 1.00. The van der Waals surface area contributed by atoms with Crippen molar-refractivity contribution in [3.63, 3.8) is 0 Å². The summed E-state index contributed by atoms with van der Waals surface area (Å²) in [6, 6.07) is 0. The third-order valence-corrected chi connectivity index (χ3v) is 2.01. The quantitative estimate of drug-likeness (QED) is 0.277. The fourth-order valence-electron chi connectivity index (χ4n) is 0.845. The van der Waals surface area contributed by atoms with Crippen LogP contribution in [0.2, 0.25) is 0 Å². The van der Waals surface area contributed by atoms with Gasteiger partial charge in [-0.3, -0.25) is 0 Å². The minimum absolute atomic E-state index is 0. The summed E-state index contributed by atoms with van der Waals surface area (Å²) >= 11 is 0. The fourth-order valence-corrected chi connectivity index (χ4v) is 0.845. The van der Waals surface area contributed by atoms with E-state index in [1.165, 1.54) is 14.1 Å². The standard InChI is InChI=1S/C7H18N2O6.ClH/c1-8(6(10,11)12)4-3-5-9(2)7(13,14)15;/h10-15H,3-5H2,1-2H3;1H. The van der Waals surface area contributed by atoms with E-state index in [4.69, 9.17) is 30.6 Å². The Morgan fingerprint density at radius 1 is 0.750 bits per heavy atom. The molecule has 0 amide bonds. The molecule has 9 heteroatoms. The van der Waals surface area contributed by atoms with E-state index in [0.717, 1.165) is 9.80 Å². The molecule has 0 spiro atoms. The summed E-state index contributed by atoms with van der Waals surface area (Å²) in [5, 5.41) is 52.1. The summed E-state index contributed by atoms with van der Waals surface area (Å²) in [6.45, 7) is 0.174. The number of rotatable bonds is 6. The van der Waals surface area contributed by atoms with E-state index in [9.17, 15) is 0 Å². The molecule has 0 saturated heterocycles. The molecule has 0 aromatic rings. The van der Waals surface area contributed by atoms with Gasteiger partial charge in [-0.2, -0.15) is 0 Å². The van der Waals surface area contributed by atoms with Crippen LogP contribution in [0.1, 0.15) is 6.42 Å². The van der Waals surface area contributed by atoms with Crippen molar-refractivity contribution in [1.82, 2.24) is 9.80 Å². The Morgan fingerprint density at radius 2 is 1.00 bits per heavy atom. The van der Waals surface area contributed by atoms with Crippen molar-refractivity contribution < 1.29 is 30.6 Å². The van der Waals surface area contributed by atoms with E-state index >= 15 is 0 Å². The topological polar surface area (TPSA) is 128 Å². The molecule has 6 N–H and O–H groups in total. The Morgan fingerprint density at radius 3 is 1.19 bits per heavy atom. The van der Waals surface area contributed by atoms with Gasteiger partial charge in [-0.05, 0) is 20.5 Å². The van der Waals surface area contributed by atoms with Gasteiger partial charge in [-0.1, -0.05) is 0 Å². The molecule has 0 aliphatic carbocycles. The molecular formula is C7H19ClN2O6. The van der Waals surface area contributed by atoms with Crippen LogP contribution in [0.25, 0.3) is 0 Å². The molecule has 8 nitrogen and oxygen atoms in total. The molecule has 0 unspecified atom stereocenters. The van der Waals surface area contributed by atoms with Crippen molar-refractivity contribution in [2.75, 3.05) is 27.2 Å². The summed E-state index contributed by atoms with van der Waals surface area (Å²) < 4.78 is 0. The average molecular weight is 263 g/mol. The molecular weight excluding hydrogens is 244 g/mol. The average Bonchev–Trinajstić information content (AvgIpc) is 2.00. The second kappa shape index (κ2) is 6.64. The lowest BCUT2D eigenvalue weighted by Gasteiger charge is -2.29. The molecule has 16 heavy (non-hydrogen) atoms. The Hall–Kier alpha value is -0.0300. The third-order valence-electron chi connectivity index (χ3n) is 2.01. The van der Waals surface area contributed by atoms with Gasteiger partial charge in [-0.15, -0.1) is 12.4 Å². The Bertz CT molecular complexity index is 172. The van der Waals surface area contributed by atoms with E-state index in [1.54, 1.807) is 0 Å². The first kappa shape index (κ1) is 18.3. The molecule has 0 aliphatic heterocycles. The van der Waals surface area contributed by atoms with Gasteiger partial charge >= 0.3 is 12.2 Å². The minimum Gasteiger partial charge on any atom is -0.330 e. The summed E-state index contributed by atoms with van der Waals surface area (Å²) in [6.07, 6.45) is -5.51. The van der Waals surface area contributed by atoms with Crippen molar-refractivity contribution >= 4 is 12.4 Å². The van der Waals surface area contributed by atoms with Gasteiger partial charge in [0, 0.05) is 13.1 Å². The van der Waals surface area contributed by atoms with Crippen LogP contribution in [0.5, 0.6) is 0 Å². The van der Waals surface area contributed by atoms with Crippen molar-refractivity contribution in [2.45, 2.75) is 18.6 Å². The summed E-state index contributed by atoms with van der Waals surface area (Å²) in [7, 11) is 2.54. The first-order chi connectivity index (χ1) is 6.55.